The minimum Gasteiger partial charge on any atom is -0.486 e. The molecule has 0 spiro atoms. The zero-order valence-corrected chi connectivity index (χ0v) is 15.2. The zero-order chi connectivity index (χ0) is 19.2. The van der Waals surface area contributed by atoms with E-state index >= 15 is 0 Å². The topological polar surface area (TPSA) is 70.4 Å². The molecule has 0 amide bonds. The second-order valence-corrected chi connectivity index (χ2v) is 5.94. The van der Waals surface area contributed by atoms with E-state index in [4.69, 9.17) is 9.47 Å². The molecule has 3 aromatic rings. The Kier molecular flexibility index (Phi) is 5.66. The van der Waals surface area contributed by atoms with Gasteiger partial charge in [-0.1, -0.05) is 48.0 Å². The van der Waals surface area contributed by atoms with Crippen LogP contribution >= 0.6 is 0 Å². The number of hydrogen-bond donors (Lipinski definition) is 0. The van der Waals surface area contributed by atoms with Gasteiger partial charge in [0.15, 0.2) is 5.75 Å². The highest BCUT2D eigenvalue weighted by atomic mass is 16.5. The number of rotatable bonds is 6. The number of benzene rings is 2. The van der Waals surface area contributed by atoms with Crippen molar-refractivity contribution in [2.24, 2.45) is 0 Å². The first-order valence-corrected chi connectivity index (χ1v) is 8.63. The van der Waals surface area contributed by atoms with Crippen LogP contribution in [-0.2, 0) is 11.3 Å². The quantitative estimate of drug-likeness (QED) is 0.628. The molecule has 1 aromatic heterocycles. The van der Waals surface area contributed by atoms with Crippen LogP contribution in [0.3, 0.4) is 0 Å². The van der Waals surface area contributed by atoms with Crippen LogP contribution in [0.25, 0.3) is 5.69 Å². The van der Waals surface area contributed by atoms with Gasteiger partial charge in [0.1, 0.15) is 6.61 Å². The summed E-state index contributed by atoms with van der Waals surface area (Å²) in [5, 5.41) is 4.19. The van der Waals surface area contributed by atoms with E-state index in [9.17, 15) is 9.59 Å². The van der Waals surface area contributed by atoms with E-state index in [-0.39, 0.29) is 24.7 Å². The van der Waals surface area contributed by atoms with Gasteiger partial charge in [0, 0.05) is 0 Å². The molecule has 0 N–H and O–H groups in total. The maximum Gasteiger partial charge on any atom is 0.362 e. The van der Waals surface area contributed by atoms with Crippen molar-refractivity contribution in [3.05, 3.63) is 87.8 Å². The minimum absolute atomic E-state index is 0.0348. The van der Waals surface area contributed by atoms with Crippen molar-refractivity contribution in [3.63, 3.8) is 0 Å². The van der Waals surface area contributed by atoms with E-state index in [0.717, 1.165) is 15.8 Å². The first kappa shape index (κ1) is 18.4. The first-order valence-electron chi connectivity index (χ1n) is 8.63. The third-order valence-electron chi connectivity index (χ3n) is 3.88. The van der Waals surface area contributed by atoms with E-state index in [1.807, 2.05) is 37.3 Å². The van der Waals surface area contributed by atoms with Crippen LogP contribution in [0.1, 0.15) is 28.5 Å². The van der Waals surface area contributed by atoms with Crippen molar-refractivity contribution in [3.8, 4) is 11.4 Å². The third-order valence-corrected chi connectivity index (χ3v) is 3.88. The predicted octanol–water partition coefficient (Wildman–Crippen LogP) is 3.30. The van der Waals surface area contributed by atoms with Gasteiger partial charge in [0.05, 0.1) is 18.4 Å². The Morgan fingerprint density at radius 2 is 1.78 bits per heavy atom. The molecule has 6 heteroatoms. The summed E-state index contributed by atoms with van der Waals surface area (Å²) in [7, 11) is 0. The van der Waals surface area contributed by atoms with Crippen LogP contribution in [-0.4, -0.2) is 22.4 Å². The van der Waals surface area contributed by atoms with E-state index in [2.05, 4.69) is 5.10 Å². The summed E-state index contributed by atoms with van der Waals surface area (Å²) < 4.78 is 12.0. The molecule has 2 aromatic carbocycles. The monoisotopic (exact) mass is 364 g/mol. The maximum absolute atomic E-state index is 12.5. The molecule has 0 atom stereocenters. The van der Waals surface area contributed by atoms with Gasteiger partial charge in [-0.25, -0.2) is 4.79 Å². The molecule has 0 fully saturated rings. The molecular weight excluding hydrogens is 344 g/mol. The number of nitrogens with zero attached hydrogens (tertiary/aromatic N) is 2. The second-order valence-electron chi connectivity index (χ2n) is 5.94. The predicted molar refractivity (Wildman–Crippen MR) is 101 cm³/mol. The summed E-state index contributed by atoms with van der Waals surface area (Å²) in [6.07, 6.45) is 0. The van der Waals surface area contributed by atoms with Crippen molar-refractivity contribution < 1.29 is 14.3 Å². The summed E-state index contributed by atoms with van der Waals surface area (Å²) >= 11 is 0. The lowest BCUT2D eigenvalue weighted by Crippen LogP contribution is -2.25. The Balaban J connectivity index is 1.96. The molecular formula is C21H20N2O4. The van der Waals surface area contributed by atoms with Gasteiger partial charge in [-0.15, -0.1) is 0 Å². The average molecular weight is 364 g/mol. The number of hydrogen-bond acceptors (Lipinski definition) is 5. The van der Waals surface area contributed by atoms with Gasteiger partial charge in [0.25, 0.3) is 5.56 Å². The van der Waals surface area contributed by atoms with E-state index in [0.29, 0.717) is 5.69 Å². The highest BCUT2D eigenvalue weighted by Crippen LogP contribution is 2.18. The number of para-hydroxylation sites is 1. The maximum atomic E-state index is 12.5. The van der Waals surface area contributed by atoms with Gasteiger partial charge < -0.3 is 9.47 Å². The molecule has 0 radical (unpaired) electrons. The third kappa shape index (κ3) is 4.41. The average Bonchev–Trinajstić information content (AvgIpc) is 2.68. The molecule has 0 aliphatic heterocycles. The van der Waals surface area contributed by atoms with E-state index in [1.165, 1.54) is 6.07 Å². The fourth-order valence-electron chi connectivity index (χ4n) is 2.49. The van der Waals surface area contributed by atoms with Crippen LogP contribution in [0, 0.1) is 6.92 Å². The van der Waals surface area contributed by atoms with E-state index < -0.39 is 11.5 Å². The molecule has 3 rings (SSSR count). The normalized spacial score (nSPS) is 10.4. The standard InChI is InChI=1S/C21H20N2O4/c1-3-26-21(25)20-18(27-14-16-11-9-15(2)10-12-16)13-19(24)23(22-20)17-7-5-4-6-8-17/h4-13H,3,14H2,1-2H3. The highest BCUT2D eigenvalue weighted by molar-refractivity contribution is 5.90. The molecule has 1 heterocycles. The Morgan fingerprint density at radius 3 is 2.44 bits per heavy atom. The molecule has 0 unspecified atom stereocenters. The Hall–Kier alpha value is -3.41. The summed E-state index contributed by atoms with van der Waals surface area (Å²) in [4.78, 5) is 24.8. The summed E-state index contributed by atoms with van der Waals surface area (Å²) in [6.45, 7) is 4.11. The van der Waals surface area contributed by atoms with Gasteiger partial charge in [-0.05, 0) is 31.5 Å². The Morgan fingerprint density at radius 1 is 1.07 bits per heavy atom. The van der Waals surface area contributed by atoms with Gasteiger partial charge in [-0.2, -0.15) is 9.78 Å². The lowest BCUT2D eigenvalue weighted by Gasteiger charge is -2.12. The van der Waals surface area contributed by atoms with Gasteiger partial charge in [-0.3, -0.25) is 4.79 Å². The number of carbonyl (C=O) groups excluding carboxylic acids is 1. The van der Waals surface area contributed by atoms with Crippen LogP contribution in [0.15, 0.2) is 65.5 Å². The number of carbonyl (C=O) groups is 1. The second kappa shape index (κ2) is 8.31. The van der Waals surface area contributed by atoms with E-state index in [1.54, 1.807) is 31.2 Å². The van der Waals surface area contributed by atoms with Crippen LogP contribution in [0.2, 0.25) is 0 Å². The Labute approximate surface area is 157 Å². The smallest absolute Gasteiger partial charge is 0.362 e. The number of esters is 1. The van der Waals surface area contributed by atoms with Crippen LogP contribution in [0.5, 0.6) is 5.75 Å². The molecule has 0 saturated heterocycles. The molecule has 138 valence electrons. The summed E-state index contributed by atoms with van der Waals surface area (Å²) in [5.74, 6) is -0.535. The molecule has 0 aliphatic rings. The first-order chi connectivity index (χ1) is 13.1. The largest absolute Gasteiger partial charge is 0.486 e. The van der Waals surface area contributed by atoms with Crippen molar-refractivity contribution in [1.82, 2.24) is 9.78 Å². The van der Waals surface area contributed by atoms with Crippen molar-refractivity contribution in [2.75, 3.05) is 6.61 Å². The molecule has 0 aliphatic carbocycles. The Bertz CT molecular complexity index is 979. The van der Waals surface area contributed by atoms with Crippen LogP contribution in [0.4, 0.5) is 0 Å². The fraction of sp³-hybridized carbons (Fsp3) is 0.190. The minimum atomic E-state index is -0.638. The van der Waals surface area contributed by atoms with Crippen molar-refractivity contribution >= 4 is 5.97 Å². The molecule has 0 bridgehead atoms. The number of aryl methyl sites for hydroxylation is 1. The van der Waals surface area contributed by atoms with Crippen molar-refractivity contribution in [2.45, 2.75) is 20.5 Å². The number of aromatic nitrogens is 2. The van der Waals surface area contributed by atoms with Crippen molar-refractivity contribution in [1.29, 1.82) is 0 Å². The fourth-order valence-corrected chi connectivity index (χ4v) is 2.49. The number of ether oxygens (including phenoxy) is 2. The van der Waals surface area contributed by atoms with Gasteiger partial charge in [0.2, 0.25) is 5.69 Å². The summed E-state index contributed by atoms with van der Waals surface area (Å²) in [6, 6.07) is 17.9. The van der Waals surface area contributed by atoms with Crippen LogP contribution < -0.4 is 10.3 Å². The molecule has 6 nitrogen and oxygen atoms in total. The molecule has 0 saturated carbocycles. The SMILES string of the molecule is CCOC(=O)c1nn(-c2ccccc2)c(=O)cc1OCc1ccc(C)cc1. The lowest BCUT2D eigenvalue weighted by atomic mass is 10.2. The molecule has 27 heavy (non-hydrogen) atoms. The zero-order valence-electron chi connectivity index (χ0n) is 15.2. The van der Waals surface area contributed by atoms with Gasteiger partial charge >= 0.3 is 5.97 Å². The highest BCUT2D eigenvalue weighted by Gasteiger charge is 2.19. The lowest BCUT2D eigenvalue weighted by molar-refractivity contribution is 0.0511. The summed E-state index contributed by atoms with van der Waals surface area (Å²) in [5.41, 5.74) is 2.18.